The molecule has 2 aromatic carbocycles. The number of carbonyl (C=O) groups is 1. The Kier molecular flexibility index (Phi) is 5.72. The first kappa shape index (κ1) is 16.2. The molecule has 0 fully saturated rings. The van der Waals surface area contributed by atoms with Crippen molar-refractivity contribution in [3.05, 3.63) is 48.0 Å². The summed E-state index contributed by atoms with van der Waals surface area (Å²) in [6.07, 6.45) is 0. The second-order valence-electron chi connectivity index (χ2n) is 4.72. The Hall–Kier alpha value is -2.14. The van der Waals surface area contributed by atoms with Crippen LogP contribution in [-0.4, -0.2) is 25.9 Å². The minimum atomic E-state index is -0.0367. The van der Waals surface area contributed by atoms with Crippen LogP contribution < -0.4 is 14.8 Å². The second-order valence-corrected chi connectivity index (χ2v) is 5.77. The maximum atomic E-state index is 12.0. The Labute approximate surface area is 134 Å². The third-order valence-corrected chi connectivity index (χ3v) is 4.02. The van der Waals surface area contributed by atoms with E-state index in [0.29, 0.717) is 17.3 Å². The molecule has 2 aromatic rings. The molecule has 0 aliphatic heterocycles. The van der Waals surface area contributed by atoms with Crippen LogP contribution in [-0.2, 0) is 4.79 Å². The fraction of sp³-hybridized carbons (Fsp3) is 0.235. The van der Waals surface area contributed by atoms with Crippen molar-refractivity contribution in [2.75, 3.05) is 25.3 Å². The third kappa shape index (κ3) is 4.43. The van der Waals surface area contributed by atoms with Gasteiger partial charge in [0.2, 0.25) is 5.91 Å². The number of ether oxygens (including phenoxy) is 2. The monoisotopic (exact) mass is 317 g/mol. The van der Waals surface area contributed by atoms with Crippen LogP contribution in [0.1, 0.15) is 5.56 Å². The summed E-state index contributed by atoms with van der Waals surface area (Å²) in [5.74, 6) is 1.64. The number of hydrogen-bond donors (Lipinski definition) is 1. The number of methoxy groups -OCH3 is 2. The van der Waals surface area contributed by atoms with Crippen molar-refractivity contribution in [3.8, 4) is 11.5 Å². The number of benzene rings is 2. The topological polar surface area (TPSA) is 47.6 Å². The number of hydrogen-bond acceptors (Lipinski definition) is 4. The van der Waals surface area contributed by atoms with Crippen LogP contribution in [0.3, 0.4) is 0 Å². The molecule has 1 N–H and O–H groups in total. The lowest BCUT2D eigenvalue weighted by atomic mass is 10.2. The van der Waals surface area contributed by atoms with E-state index in [9.17, 15) is 4.79 Å². The van der Waals surface area contributed by atoms with Gasteiger partial charge in [-0.05, 0) is 42.8 Å². The lowest BCUT2D eigenvalue weighted by molar-refractivity contribution is -0.113. The zero-order valence-corrected chi connectivity index (χ0v) is 13.7. The molecular weight excluding hydrogens is 298 g/mol. The van der Waals surface area contributed by atoms with Gasteiger partial charge in [0, 0.05) is 10.6 Å². The van der Waals surface area contributed by atoms with E-state index in [1.54, 1.807) is 14.2 Å². The van der Waals surface area contributed by atoms with Gasteiger partial charge < -0.3 is 14.8 Å². The van der Waals surface area contributed by atoms with E-state index >= 15 is 0 Å². The highest BCUT2D eigenvalue weighted by Gasteiger charge is 2.07. The van der Waals surface area contributed by atoms with Gasteiger partial charge in [-0.2, -0.15) is 0 Å². The Balaban J connectivity index is 1.93. The predicted octanol–water partition coefficient (Wildman–Crippen LogP) is 3.74. The van der Waals surface area contributed by atoms with Gasteiger partial charge in [0.1, 0.15) is 0 Å². The van der Waals surface area contributed by atoms with Crippen molar-refractivity contribution in [1.29, 1.82) is 0 Å². The quantitative estimate of drug-likeness (QED) is 0.825. The molecule has 0 saturated heterocycles. The summed E-state index contributed by atoms with van der Waals surface area (Å²) in [4.78, 5) is 12.9. The molecule has 22 heavy (non-hydrogen) atoms. The van der Waals surface area contributed by atoms with Crippen LogP contribution in [0.15, 0.2) is 47.4 Å². The number of carbonyl (C=O) groups excluding carboxylic acids is 1. The summed E-state index contributed by atoms with van der Waals surface area (Å²) in [6.45, 7) is 1.99. The lowest BCUT2D eigenvalue weighted by Gasteiger charge is -2.09. The Morgan fingerprint density at radius 2 is 1.86 bits per heavy atom. The van der Waals surface area contributed by atoms with Crippen LogP contribution in [0.25, 0.3) is 0 Å². The average Bonchev–Trinajstić information content (AvgIpc) is 2.52. The summed E-state index contributed by atoms with van der Waals surface area (Å²) < 4.78 is 10.4. The standard InChI is InChI=1S/C17H19NO3S/c1-12-5-4-6-13(9-12)18-17(19)11-22-14-7-8-15(20-2)16(10-14)21-3/h4-10H,11H2,1-3H3,(H,18,19). The van der Waals surface area contributed by atoms with Gasteiger partial charge in [0.25, 0.3) is 0 Å². The molecule has 5 heteroatoms. The van der Waals surface area contributed by atoms with Gasteiger partial charge in [-0.1, -0.05) is 12.1 Å². The number of nitrogens with one attached hydrogen (secondary N) is 1. The summed E-state index contributed by atoms with van der Waals surface area (Å²) in [5.41, 5.74) is 1.93. The van der Waals surface area contributed by atoms with E-state index in [2.05, 4.69) is 5.32 Å². The Morgan fingerprint density at radius 3 is 2.55 bits per heavy atom. The minimum absolute atomic E-state index is 0.0367. The van der Waals surface area contributed by atoms with Gasteiger partial charge in [0.15, 0.2) is 11.5 Å². The van der Waals surface area contributed by atoms with Crippen LogP contribution in [0.5, 0.6) is 11.5 Å². The molecule has 0 radical (unpaired) electrons. The van der Waals surface area contributed by atoms with Gasteiger partial charge >= 0.3 is 0 Å². The molecule has 0 heterocycles. The SMILES string of the molecule is COc1ccc(SCC(=O)Nc2cccc(C)c2)cc1OC. The van der Waals surface area contributed by atoms with Crippen molar-refractivity contribution in [2.45, 2.75) is 11.8 Å². The maximum absolute atomic E-state index is 12.0. The molecule has 0 unspecified atom stereocenters. The van der Waals surface area contributed by atoms with Crippen LogP contribution in [0, 0.1) is 6.92 Å². The first-order valence-electron chi connectivity index (χ1n) is 6.83. The molecular formula is C17H19NO3S. The number of anilines is 1. The number of rotatable bonds is 6. The van der Waals surface area contributed by atoms with E-state index in [1.807, 2.05) is 49.4 Å². The van der Waals surface area contributed by atoms with E-state index in [1.165, 1.54) is 11.8 Å². The summed E-state index contributed by atoms with van der Waals surface area (Å²) >= 11 is 1.45. The van der Waals surface area contributed by atoms with Crippen molar-refractivity contribution in [2.24, 2.45) is 0 Å². The van der Waals surface area contributed by atoms with Gasteiger partial charge in [0.05, 0.1) is 20.0 Å². The first-order valence-corrected chi connectivity index (χ1v) is 7.82. The lowest BCUT2D eigenvalue weighted by Crippen LogP contribution is -2.13. The van der Waals surface area contributed by atoms with E-state index in [-0.39, 0.29) is 5.91 Å². The molecule has 0 atom stereocenters. The number of amides is 1. The zero-order chi connectivity index (χ0) is 15.9. The van der Waals surface area contributed by atoms with E-state index < -0.39 is 0 Å². The Bertz CT molecular complexity index is 658. The Morgan fingerprint density at radius 1 is 1.09 bits per heavy atom. The van der Waals surface area contributed by atoms with Crippen molar-refractivity contribution in [1.82, 2.24) is 0 Å². The fourth-order valence-corrected chi connectivity index (χ4v) is 2.70. The molecule has 0 aromatic heterocycles. The molecule has 1 amide bonds. The van der Waals surface area contributed by atoms with E-state index in [0.717, 1.165) is 16.1 Å². The maximum Gasteiger partial charge on any atom is 0.234 e. The van der Waals surface area contributed by atoms with Crippen molar-refractivity contribution >= 4 is 23.4 Å². The highest BCUT2D eigenvalue weighted by molar-refractivity contribution is 8.00. The molecule has 2 rings (SSSR count). The molecule has 116 valence electrons. The molecule has 4 nitrogen and oxygen atoms in total. The first-order chi connectivity index (χ1) is 10.6. The van der Waals surface area contributed by atoms with Crippen molar-refractivity contribution in [3.63, 3.8) is 0 Å². The van der Waals surface area contributed by atoms with Gasteiger partial charge in [-0.15, -0.1) is 11.8 Å². The van der Waals surface area contributed by atoms with Crippen LogP contribution in [0.4, 0.5) is 5.69 Å². The summed E-state index contributed by atoms with van der Waals surface area (Å²) in [6, 6.07) is 13.3. The van der Waals surface area contributed by atoms with Crippen LogP contribution in [0.2, 0.25) is 0 Å². The predicted molar refractivity (Wildman–Crippen MR) is 90.1 cm³/mol. The number of aryl methyl sites for hydroxylation is 1. The molecule has 0 aliphatic carbocycles. The molecule has 0 bridgehead atoms. The zero-order valence-electron chi connectivity index (χ0n) is 12.9. The van der Waals surface area contributed by atoms with Crippen LogP contribution >= 0.6 is 11.8 Å². The van der Waals surface area contributed by atoms with Gasteiger partial charge in [-0.3, -0.25) is 4.79 Å². The number of thioether (sulfide) groups is 1. The highest BCUT2D eigenvalue weighted by atomic mass is 32.2. The normalized spacial score (nSPS) is 10.1. The summed E-state index contributed by atoms with van der Waals surface area (Å²) in [7, 11) is 3.19. The largest absolute Gasteiger partial charge is 0.493 e. The smallest absolute Gasteiger partial charge is 0.234 e. The summed E-state index contributed by atoms with van der Waals surface area (Å²) in [5, 5.41) is 2.89. The molecule has 0 saturated carbocycles. The average molecular weight is 317 g/mol. The van der Waals surface area contributed by atoms with Gasteiger partial charge in [-0.25, -0.2) is 0 Å². The van der Waals surface area contributed by atoms with E-state index in [4.69, 9.17) is 9.47 Å². The molecule has 0 spiro atoms. The fourth-order valence-electron chi connectivity index (χ4n) is 1.98. The third-order valence-electron chi connectivity index (χ3n) is 3.03. The molecule has 0 aliphatic rings. The second kappa shape index (κ2) is 7.75. The van der Waals surface area contributed by atoms with Crippen molar-refractivity contribution < 1.29 is 14.3 Å². The minimum Gasteiger partial charge on any atom is -0.493 e. The highest BCUT2D eigenvalue weighted by Crippen LogP contribution is 2.31.